The molecule has 1 fully saturated rings. The number of carbonyl (C=O) groups excluding carboxylic acids is 1. The monoisotopic (exact) mass is 292 g/mol. The summed E-state index contributed by atoms with van der Waals surface area (Å²) in [5.74, 6) is 0.0589. The van der Waals surface area contributed by atoms with Crippen LogP contribution in [0.15, 0.2) is 0 Å². The predicted molar refractivity (Wildman–Crippen MR) is 75.0 cm³/mol. The Morgan fingerprint density at radius 1 is 1.44 bits per heavy atom. The van der Waals surface area contributed by atoms with Crippen LogP contribution in [0, 0.1) is 5.41 Å². The van der Waals surface area contributed by atoms with E-state index in [1.807, 2.05) is 6.92 Å². The number of sulfone groups is 1. The van der Waals surface area contributed by atoms with E-state index in [-0.39, 0.29) is 28.4 Å². The Labute approximate surface area is 113 Å². The number of thiocarbonyl (C=S) groups is 1. The van der Waals surface area contributed by atoms with Gasteiger partial charge in [0.05, 0.1) is 21.9 Å². The lowest BCUT2D eigenvalue weighted by atomic mass is 9.86. The van der Waals surface area contributed by atoms with E-state index in [9.17, 15) is 13.2 Å². The van der Waals surface area contributed by atoms with Gasteiger partial charge in [0, 0.05) is 6.04 Å². The SMILES string of the molecule is CCC(C)(C(=O)NC1CCS(=O)(=O)CC1)C(N)=S. The van der Waals surface area contributed by atoms with E-state index in [2.05, 4.69) is 5.32 Å². The molecule has 0 spiro atoms. The number of hydrogen-bond donors (Lipinski definition) is 2. The number of carbonyl (C=O) groups is 1. The van der Waals surface area contributed by atoms with E-state index < -0.39 is 15.3 Å². The number of amides is 1. The largest absolute Gasteiger partial charge is 0.392 e. The van der Waals surface area contributed by atoms with E-state index in [0.29, 0.717) is 19.3 Å². The fraction of sp³-hybridized carbons (Fsp3) is 0.818. The van der Waals surface area contributed by atoms with Gasteiger partial charge in [0.15, 0.2) is 0 Å². The quantitative estimate of drug-likeness (QED) is 0.731. The molecule has 0 aromatic carbocycles. The van der Waals surface area contributed by atoms with Gasteiger partial charge in [-0.25, -0.2) is 8.42 Å². The molecule has 0 bridgehead atoms. The third-order valence-electron chi connectivity index (χ3n) is 3.64. The highest BCUT2D eigenvalue weighted by Gasteiger charge is 2.36. The van der Waals surface area contributed by atoms with Gasteiger partial charge in [-0.05, 0) is 26.2 Å². The first-order valence-electron chi connectivity index (χ1n) is 6.02. The van der Waals surface area contributed by atoms with Crippen molar-refractivity contribution in [1.29, 1.82) is 0 Å². The highest BCUT2D eigenvalue weighted by atomic mass is 32.2. The topological polar surface area (TPSA) is 89.3 Å². The summed E-state index contributed by atoms with van der Waals surface area (Å²) in [5, 5.41) is 2.86. The molecule has 104 valence electrons. The molecular formula is C11H20N2O3S2. The van der Waals surface area contributed by atoms with Crippen LogP contribution in [-0.4, -0.2) is 36.9 Å². The first-order chi connectivity index (χ1) is 8.21. The van der Waals surface area contributed by atoms with Crippen LogP contribution in [0.5, 0.6) is 0 Å². The molecule has 1 atom stereocenters. The fourth-order valence-corrected chi connectivity index (χ4v) is 3.55. The third-order valence-corrected chi connectivity index (χ3v) is 5.81. The molecule has 3 N–H and O–H groups in total. The molecule has 1 unspecified atom stereocenters. The van der Waals surface area contributed by atoms with Crippen LogP contribution in [0.4, 0.5) is 0 Å². The van der Waals surface area contributed by atoms with Crippen LogP contribution >= 0.6 is 12.2 Å². The van der Waals surface area contributed by atoms with Crippen molar-refractivity contribution in [3.63, 3.8) is 0 Å². The average Bonchev–Trinajstić information content (AvgIpc) is 2.30. The molecule has 18 heavy (non-hydrogen) atoms. The van der Waals surface area contributed by atoms with Gasteiger partial charge in [-0.2, -0.15) is 0 Å². The van der Waals surface area contributed by atoms with Crippen LogP contribution in [0.1, 0.15) is 33.1 Å². The number of nitrogens with two attached hydrogens (primary N) is 1. The molecule has 1 aliphatic heterocycles. The zero-order valence-electron chi connectivity index (χ0n) is 10.7. The maximum absolute atomic E-state index is 12.1. The molecule has 0 saturated carbocycles. The van der Waals surface area contributed by atoms with Crippen molar-refractivity contribution in [1.82, 2.24) is 5.32 Å². The summed E-state index contributed by atoms with van der Waals surface area (Å²) >= 11 is 4.93. The maximum atomic E-state index is 12.1. The third kappa shape index (κ3) is 3.41. The van der Waals surface area contributed by atoms with E-state index in [1.54, 1.807) is 6.92 Å². The summed E-state index contributed by atoms with van der Waals surface area (Å²) in [4.78, 5) is 12.3. The van der Waals surface area contributed by atoms with E-state index in [1.165, 1.54) is 0 Å². The summed E-state index contributed by atoms with van der Waals surface area (Å²) in [6.45, 7) is 3.56. The minimum absolute atomic E-state index is 0.0961. The number of hydrogen-bond acceptors (Lipinski definition) is 4. The molecule has 1 saturated heterocycles. The van der Waals surface area contributed by atoms with Crippen molar-refractivity contribution < 1.29 is 13.2 Å². The second kappa shape index (κ2) is 5.52. The number of nitrogens with one attached hydrogen (secondary N) is 1. The van der Waals surface area contributed by atoms with E-state index >= 15 is 0 Å². The lowest BCUT2D eigenvalue weighted by molar-refractivity contribution is -0.127. The Kier molecular flexibility index (Phi) is 4.72. The molecular weight excluding hydrogens is 272 g/mol. The first kappa shape index (κ1) is 15.4. The van der Waals surface area contributed by atoms with Gasteiger partial charge in [0.25, 0.3) is 0 Å². The predicted octanol–water partition coefficient (Wildman–Crippen LogP) is 0.382. The zero-order valence-corrected chi connectivity index (χ0v) is 12.4. The Balaban J connectivity index is 2.64. The Bertz CT molecular complexity index is 433. The van der Waals surface area contributed by atoms with Crippen LogP contribution < -0.4 is 11.1 Å². The van der Waals surface area contributed by atoms with E-state index in [4.69, 9.17) is 18.0 Å². The second-order valence-electron chi connectivity index (χ2n) is 4.95. The second-order valence-corrected chi connectivity index (χ2v) is 7.69. The molecule has 5 nitrogen and oxygen atoms in total. The van der Waals surface area contributed by atoms with Gasteiger partial charge in [-0.3, -0.25) is 4.79 Å². The van der Waals surface area contributed by atoms with Crippen molar-refractivity contribution in [3.8, 4) is 0 Å². The van der Waals surface area contributed by atoms with Crippen molar-refractivity contribution in [3.05, 3.63) is 0 Å². The van der Waals surface area contributed by atoms with Gasteiger partial charge in [0.2, 0.25) is 5.91 Å². The highest BCUT2D eigenvalue weighted by Crippen LogP contribution is 2.23. The van der Waals surface area contributed by atoms with Gasteiger partial charge in [0.1, 0.15) is 9.84 Å². The van der Waals surface area contributed by atoms with Crippen molar-refractivity contribution in [2.75, 3.05) is 11.5 Å². The molecule has 1 aliphatic rings. The van der Waals surface area contributed by atoms with Crippen molar-refractivity contribution >= 4 is 33.0 Å². The molecule has 0 radical (unpaired) electrons. The number of rotatable bonds is 4. The Morgan fingerprint density at radius 2 is 1.94 bits per heavy atom. The minimum atomic E-state index is -2.91. The summed E-state index contributed by atoms with van der Waals surface area (Å²) in [5.41, 5.74) is 4.75. The van der Waals surface area contributed by atoms with E-state index in [0.717, 1.165) is 0 Å². The normalized spacial score (nSPS) is 23.0. The van der Waals surface area contributed by atoms with Crippen LogP contribution in [0.25, 0.3) is 0 Å². The molecule has 7 heteroatoms. The van der Waals surface area contributed by atoms with Crippen molar-refractivity contribution in [2.24, 2.45) is 11.1 Å². The molecule has 0 aliphatic carbocycles. The minimum Gasteiger partial charge on any atom is -0.392 e. The van der Waals surface area contributed by atoms with Crippen LogP contribution in [-0.2, 0) is 14.6 Å². The molecule has 1 rings (SSSR count). The smallest absolute Gasteiger partial charge is 0.232 e. The highest BCUT2D eigenvalue weighted by molar-refractivity contribution is 7.91. The van der Waals surface area contributed by atoms with Crippen LogP contribution in [0.2, 0.25) is 0 Å². The van der Waals surface area contributed by atoms with Crippen molar-refractivity contribution in [2.45, 2.75) is 39.2 Å². The van der Waals surface area contributed by atoms with Crippen LogP contribution in [0.3, 0.4) is 0 Å². The van der Waals surface area contributed by atoms with Gasteiger partial charge in [-0.15, -0.1) is 0 Å². The fourth-order valence-electron chi connectivity index (χ4n) is 1.83. The summed E-state index contributed by atoms with van der Waals surface area (Å²) in [7, 11) is -2.91. The van der Waals surface area contributed by atoms with Gasteiger partial charge in [-0.1, -0.05) is 19.1 Å². The molecule has 0 aromatic rings. The first-order valence-corrected chi connectivity index (χ1v) is 8.25. The Hall–Kier alpha value is -0.690. The zero-order chi connectivity index (χ0) is 14.0. The van der Waals surface area contributed by atoms with Gasteiger partial charge < -0.3 is 11.1 Å². The Morgan fingerprint density at radius 3 is 2.33 bits per heavy atom. The molecule has 1 heterocycles. The lowest BCUT2D eigenvalue weighted by Gasteiger charge is -2.30. The molecule has 0 aromatic heterocycles. The molecule has 1 amide bonds. The summed E-state index contributed by atoms with van der Waals surface area (Å²) in [6.07, 6.45) is 1.45. The summed E-state index contributed by atoms with van der Waals surface area (Å²) in [6, 6.07) is -0.0961. The standard InChI is InChI=1S/C11H20N2O3S2/c1-3-11(2,9(12)17)10(14)13-8-4-6-18(15,16)7-5-8/h8H,3-7H2,1-2H3,(H2,12,17)(H,13,14). The lowest BCUT2D eigenvalue weighted by Crippen LogP contribution is -2.51. The maximum Gasteiger partial charge on any atom is 0.232 e. The van der Waals surface area contributed by atoms with Gasteiger partial charge >= 0.3 is 0 Å². The average molecular weight is 292 g/mol. The summed E-state index contributed by atoms with van der Waals surface area (Å²) < 4.78 is 22.6.